The average Bonchev–Trinajstić information content (AvgIpc) is 3.20. The van der Waals surface area contributed by atoms with Crippen LogP contribution in [0.4, 0.5) is 0 Å². The Bertz CT molecular complexity index is 831. The highest BCUT2D eigenvalue weighted by molar-refractivity contribution is 7.07. The molecule has 4 rings (SSSR count). The van der Waals surface area contributed by atoms with E-state index in [0.717, 1.165) is 49.6 Å². The van der Waals surface area contributed by atoms with E-state index in [1.54, 1.807) is 0 Å². The Balaban J connectivity index is 1.37. The first-order chi connectivity index (χ1) is 11.7. The highest BCUT2D eigenvalue weighted by Crippen LogP contribution is 2.16. The quantitative estimate of drug-likeness (QED) is 0.721. The lowest BCUT2D eigenvalue weighted by molar-refractivity contribution is 0.0631. The largest absolute Gasteiger partial charge is 0.335 e. The average molecular weight is 342 g/mol. The zero-order valence-electron chi connectivity index (χ0n) is 13.4. The summed E-state index contributed by atoms with van der Waals surface area (Å²) in [6.07, 6.45) is 1.96. The fourth-order valence-electron chi connectivity index (χ4n) is 2.98. The summed E-state index contributed by atoms with van der Waals surface area (Å²) in [7, 11) is 0. The van der Waals surface area contributed by atoms with Gasteiger partial charge < -0.3 is 4.90 Å². The van der Waals surface area contributed by atoms with Gasteiger partial charge in [0.25, 0.3) is 5.91 Å². The predicted octanol–water partition coefficient (Wildman–Crippen LogP) is 1.45. The molecule has 1 aliphatic rings. The molecule has 0 N–H and O–H groups in total. The van der Waals surface area contributed by atoms with Crippen LogP contribution >= 0.6 is 11.5 Å². The second-order valence-electron chi connectivity index (χ2n) is 5.96. The van der Waals surface area contributed by atoms with Gasteiger partial charge in [0.05, 0.1) is 16.9 Å². The van der Waals surface area contributed by atoms with Crippen LogP contribution in [0.2, 0.25) is 0 Å². The molecule has 124 valence electrons. The van der Waals surface area contributed by atoms with Crippen LogP contribution in [0, 0.1) is 6.92 Å². The van der Waals surface area contributed by atoms with Gasteiger partial charge in [0.2, 0.25) is 0 Å². The van der Waals surface area contributed by atoms with Gasteiger partial charge in [-0.25, -0.2) is 4.52 Å². The van der Waals surface area contributed by atoms with Crippen molar-refractivity contribution in [3.63, 3.8) is 0 Å². The Labute approximate surface area is 143 Å². The van der Waals surface area contributed by atoms with Crippen molar-refractivity contribution in [2.45, 2.75) is 13.5 Å². The smallest absolute Gasteiger partial charge is 0.267 e. The Kier molecular flexibility index (Phi) is 3.99. The zero-order valence-corrected chi connectivity index (χ0v) is 14.2. The molecule has 0 spiro atoms. The Morgan fingerprint density at radius 2 is 2.08 bits per heavy atom. The molecule has 0 atom stereocenters. The number of piperazine rings is 1. The van der Waals surface area contributed by atoms with Gasteiger partial charge in [-0.1, -0.05) is 10.6 Å². The van der Waals surface area contributed by atoms with E-state index in [1.165, 1.54) is 11.5 Å². The van der Waals surface area contributed by atoms with Crippen molar-refractivity contribution in [3.8, 4) is 0 Å². The van der Waals surface area contributed by atoms with Crippen molar-refractivity contribution in [2.24, 2.45) is 0 Å². The first kappa shape index (κ1) is 15.2. The molecule has 0 unspecified atom stereocenters. The normalized spacial score (nSPS) is 16.0. The van der Waals surface area contributed by atoms with Crippen molar-refractivity contribution < 1.29 is 4.79 Å². The van der Waals surface area contributed by atoms with Crippen LogP contribution in [0.5, 0.6) is 0 Å². The highest BCUT2D eigenvalue weighted by atomic mass is 32.1. The Morgan fingerprint density at radius 3 is 2.79 bits per heavy atom. The fourth-order valence-corrected chi connectivity index (χ4v) is 3.60. The van der Waals surface area contributed by atoms with Crippen LogP contribution in [0.3, 0.4) is 0 Å². The van der Waals surface area contributed by atoms with Crippen molar-refractivity contribution in [1.82, 2.24) is 29.0 Å². The van der Waals surface area contributed by atoms with Crippen LogP contribution in [0.25, 0.3) is 5.52 Å². The van der Waals surface area contributed by atoms with Gasteiger partial charge in [-0.2, -0.15) is 5.10 Å². The number of aryl methyl sites for hydroxylation is 1. The third kappa shape index (κ3) is 2.90. The molecule has 24 heavy (non-hydrogen) atoms. The van der Waals surface area contributed by atoms with E-state index in [1.807, 2.05) is 34.7 Å². The van der Waals surface area contributed by atoms with E-state index in [2.05, 4.69) is 31.7 Å². The number of rotatable bonds is 3. The first-order valence-corrected chi connectivity index (χ1v) is 8.72. The van der Waals surface area contributed by atoms with Crippen LogP contribution in [0.1, 0.15) is 21.1 Å². The van der Waals surface area contributed by atoms with E-state index in [4.69, 9.17) is 0 Å². The molecule has 0 radical (unpaired) electrons. The summed E-state index contributed by atoms with van der Waals surface area (Å²) in [5.41, 5.74) is 2.88. The molecule has 0 bridgehead atoms. The number of amides is 1. The minimum atomic E-state index is 0.0508. The number of carbonyl (C=O) groups is 1. The van der Waals surface area contributed by atoms with E-state index in [0.29, 0.717) is 4.88 Å². The van der Waals surface area contributed by atoms with Crippen LogP contribution in [-0.4, -0.2) is 61.1 Å². The van der Waals surface area contributed by atoms with Crippen molar-refractivity contribution in [3.05, 3.63) is 46.7 Å². The minimum absolute atomic E-state index is 0.0508. The third-order valence-corrected chi connectivity index (χ3v) is 5.13. The van der Waals surface area contributed by atoms with Gasteiger partial charge >= 0.3 is 0 Å². The van der Waals surface area contributed by atoms with Gasteiger partial charge in [-0.15, -0.1) is 5.10 Å². The summed E-state index contributed by atoms with van der Waals surface area (Å²) >= 11 is 1.18. The number of pyridine rings is 1. The maximum absolute atomic E-state index is 12.5. The summed E-state index contributed by atoms with van der Waals surface area (Å²) in [5, 5.41) is 8.52. The van der Waals surface area contributed by atoms with Gasteiger partial charge in [0, 0.05) is 38.9 Å². The number of hydrogen-bond acceptors (Lipinski definition) is 6. The molecule has 8 heteroatoms. The van der Waals surface area contributed by atoms with Crippen molar-refractivity contribution in [2.75, 3.05) is 26.2 Å². The molecule has 1 aliphatic heterocycles. The van der Waals surface area contributed by atoms with Gasteiger partial charge in [-0.3, -0.25) is 9.69 Å². The number of carbonyl (C=O) groups excluding carboxylic acids is 1. The SMILES string of the molecule is Cc1nnsc1C(=O)N1CCN(Cc2cc3ccccn3n2)CC1. The number of hydrogen-bond donors (Lipinski definition) is 0. The molecule has 0 saturated carbocycles. The summed E-state index contributed by atoms with van der Waals surface area (Å²) in [6, 6.07) is 8.16. The molecule has 0 aliphatic carbocycles. The third-order valence-electron chi connectivity index (χ3n) is 4.31. The maximum Gasteiger partial charge on any atom is 0.267 e. The molecule has 3 aromatic heterocycles. The molecular weight excluding hydrogens is 324 g/mol. The second kappa shape index (κ2) is 6.29. The van der Waals surface area contributed by atoms with Gasteiger partial charge in [0.15, 0.2) is 0 Å². The van der Waals surface area contributed by atoms with E-state index in [-0.39, 0.29) is 5.91 Å². The maximum atomic E-state index is 12.5. The van der Waals surface area contributed by atoms with Crippen LogP contribution in [-0.2, 0) is 6.54 Å². The van der Waals surface area contributed by atoms with Gasteiger partial charge in [-0.05, 0) is 36.7 Å². The first-order valence-electron chi connectivity index (χ1n) is 7.94. The lowest BCUT2D eigenvalue weighted by Crippen LogP contribution is -2.48. The van der Waals surface area contributed by atoms with E-state index < -0.39 is 0 Å². The molecule has 3 aromatic rings. The fraction of sp³-hybridized carbons (Fsp3) is 0.375. The lowest BCUT2D eigenvalue weighted by atomic mass is 10.2. The topological polar surface area (TPSA) is 66.6 Å². The van der Waals surface area contributed by atoms with Crippen LogP contribution < -0.4 is 0 Å². The summed E-state index contributed by atoms with van der Waals surface area (Å²) in [5.74, 6) is 0.0508. The summed E-state index contributed by atoms with van der Waals surface area (Å²) in [6.45, 7) is 5.80. The van der Waals surface area contributed by atoms with E-state index >= 15 is 0 Å². The molecule has 1 amide bonds. The minimum Gasteiger partial charge on any atom is -0.335 e. The van der Waals surface area contributed by atoms with Crippen molar-refractivity contribution >= 4 is 23.0 Å². The van der Waals surface area contributed by atoms with Crippen molar-refractivity contribution in [1.29, 1.82) is 0 Å². The van der Waals surface area contributed by atoms with E-state index in [9.17, 15) is 4.79 Å². The Morgan fingerprint density at radius 1 is 1.25 bits per heavy atom. The second-order valence-corrected chi connectivity index (χ2v) is 6.72. The molecule has 1 saturated heterocycles. The number of fused-ring (bicyclic) bond motifs is 1. The summed E-state index contributed by atoms with van der Waals surface area (Å²) < 4.78 is 5.75. The molecule has 4 heterocycles. The lowest BCUT2D eigenvalue weighted by Gasteiger charge is -2.34. The zero-order chi connectivity index (χ0) is 16.5. The van der Waals surface area contributed by atoms with Crippen LogP contribution in [0.15, 0.2) is 30.5 Å². The predicted molar refractivity (Wildman–Crippen MR) is 91.0 cm³/mol. The highest BCUT2D eigenvalue weighted by Gasteiger charge is 2.25. The number of aromatic nitrogens is 4. The monoisotopic (exact) mass is 342 g/mol. The summed E-state index contributed by atoms with van der Waals surface area (Å²) in [4.78, 5) is 17.4. The molecular formula is C16H18N6OS. The molecule has 1 fully saturated rings. The number of nitrogens with zero attached hydrogens (tertiary/aromatic N) is 6. The Hall–Kier alpha value is -2.32. The molecule has 0 aromatic carbocycles. The molecule has 7 nitrogen and oxygen atoms in total. The van der Waals surface area contributed by atoms with Gasteiger partial charge in [0.1, 0.15) is 4.88 Å². The standard InChI is InChI=1S/C16H18N6OS/c1-12-15(24-19-17-12)16(23)21-8-6-20(7-9-21)11-13-10-14-4-2-3-5-22(14)18-13/h2-5,10H,6-9,11H2,1H3.